The Bertz CT molecular complexity index is 566. The number of aliphatic hydroxyl groups is 1. The van der Waals surface area contributed by atoms with Crippen LogP contribution in [0.4, 0.5) is 0 Å². The van der Waals surface area contributed by atoms with E-state index < -0.39 is 5.54 Å². The second kappa shape index (κ2) is 6.42. The SMILES string of the molecule is CC(C)(C(=O)N1CCN([C@H]2CCC[C@H]2O)CC1)n1cc(Cl)cn1. The first-order valence-corrected chi connectivity index (χ1v) is 8.69. The average molecular weight is 341 g/mol. The number of carbonyl (C=O) groups excluding carboxylic acids is 1. The zero-order valence-corrected chi connectivity index (χ0v) is 14.5. The minimum absolute atomic E-state index is 0.0592. The number of carbonyl (C=O) groups is 1. The van der Waals surface area contributed by atoms with E-state index >= 15 is 0 Å². The van der Waals surface area contributed by atoms with Crippen LogP contribution in [0.3, 0.4) is 0 Å². The molecule has 0 bridgehead atoms. The Hall–Kier alpha value is -1.11. The lowest BCUT2D eigenvalue weighted by Gasteiger charge is -2.41. The Kier molecular flexibility index (Phi) is 4.67. The molecular formula is C16H25ClN4O2. The van der Waals surface area contributed by atoms with E-state index in [9.17, 15) is 9.90 Å². The van der Waals surface area contributed by atoms with Crippen LogP contribution in [0.5, 0.6) is 0 Å². The Morgan fingerprint density at radius 2 is 2.00 bits per heavy atom. The minimum atomic E-state index is -0.748. The zero-order valence-electron chi connectivity index (χ0n) is 13.8. The topological polar surface area (TPSA) is 61.6 Å². The van der Waals surface area contributed by atoms with Gasteiger partial charge in [0.25, 0.3) is 0 Å². The van der Waals surface area contributed by atoms with Gasteiger partial charge in [0.1, 0.15) is 5.54 Å². The highest BCUT2D eigenvalue weighted by molar-refractivity contribution is 6.30. The van der Waals surface area contributed by atoms with Crippen LogP contribution in [0.1, 0.15) is 33.1 Å². The quantitative estimate of drug-likeness (QED) is 0.901. The Morgan fingerprint density at radius 3 is 2.52 bits per heavy atom. The second-order valence-electron chi connectivity index (χ2n) is 7.06. The molecule has 3 rings (SSSR count). The van der Waals surface area contributed by atoms with E-state index in [4.69, 9.17) is 11.6 Å². The normalized spacial score (nSPS) is 26.7. The zero-order chi connectivity index (χ0) is 16.6. The summed E-state index contributed by atoms with van der Waals surface area (Å²) in [6.45, 7) is 6.77. The summed E-state index contributed by atoms with van der Waals surface area (Å²) >= 11 is 5.92. The predicted octanol–water partition coefficient (Wildman–Crippen LogP) is 1.33. The van der Waals surface area contributed by atoms with Gasteiger partial charge in [0.05, 0.1) is 17.3 Å². The van der Waals surface area contributed by atoms with Gasteiger partial charge in [-0.05, 0) is 33.1 Å². The summed E-state index contributed by atoms with van der Waals surface area (Å²) in [6, 6.07) is 0.269. The average Bonchev–Trinajstić information content (AvgIpc) is 3.15. The van der Waals surface area contributed by atoms with Gasteiger partial charge in [-0.1, -0.05) is 11.6 Å². The number of hydrogen-bond donors (Lipinski definition) is 1. The molecule has 0 aromatic carbocycles. The molecule has 1 saturated heterocycles. The molecule has 0 unspecified atom stereocenters. The van der Waals surface area contributed by atoms with Gasteiger partial charge in [0.2, 0.25) is 5.91 Å². The molecule has 0 radical (unpaired) electrons. The maximum absolute atomic E-state index is 12.9. The smallest absolute Gasteiger partial charge is 0.250 e. The van der Waals surface area contributed by atoms with Gasteiger partial charge in [-0.25, -0.2) is 0 Å². The number of aromatic nitrogens is 2. The van der Waals surface area contributed by atoms with Crippen molar-refractivity contribution in [2.45, 2.75) is 50.8 Å². The van der Waals surface area contributed by atoms with Gasteiger partial charge in [0, 0.05) is 38.4 Å². The summed E-state index contributed by atoms with van der Waals surface area (Å²) in [5.41, 5.74) is -0.748. The van der Waals surface area contributed by atoms with E-state index in [2.05, 4.69) is 10.00 Å². The fraction of sp³-hybridized carbons (Fsp3) is 0.750. The Labute approximate surface area is 142 Å². The molecule has 128 valence electrons. The highest BCUT2D eigenvalue weighted by Crippen LogP contribution is 2.26. The molecule has 2 fully saturated rings. The summed E-state index contributed by atoms with van der Waals surface area (Å²) in [5.74, 6) is 0.0592. The molecule has 6 nitrogen and oxygen atoms in total. The minimum Gasteiger partial charge on any atom is -0.391 e. The molecule has 1 amide bonds. The molecule has 1 saturated carbocycles. The molecule has 2 heterocycles. The maximum Gasteiger partial charge on any atom is 0.250 e. The third-order valence-corrected chi connectivity index (χ3v) is 5.36. The lowest BCUT2D eigenvalue weighted by Crippen LogP contribution is -2.57. The monoisotopic (exact) mass is 340 g/mol. The van der Waals surface area contributed by atoms with Crippen molar-refractivity contribution in [3.8, 4) is 0 Å². The lowest BCUT2D eigenvalue weighted by molar-refractivity contribution is -0.142. The summed E-state index contributed by atoms with van der Waals surface area (Å²) in [5, 5.41) is 14.8. The highest BCUT2D eigenvalue weighted by Gasteiger charge is 2.38. The molecule has 1 N–H and O–H groups in total. The Morgan fingerprint density at radius 1 is 1.30 bits per heavy atom. The van der Waals surface area contributed by atoms with Crippen molar-refractivity contribution in [3.05, 3.63) is 17.4 Å². The fourth-order valence-electron chi connectivity index (χ4n) is 3.69. The molecule has 1 aromatic heterocycles. The van der Waals surface area contributed by atoms with E-state index in [0.29, 0.717) is 18.1 Å². The summed E-state index contributed by atoms with van der Waals surface area (Å²) in [6.07, 6.45) is 6.09. The third-order valence-electron chi connectivity index (χ3n) is 5.16. The van der Waals surface area contributed by atoms with Gasteiger partial charge in [-0.3, -0.25) is 14.4 Å². The van der Waals surface area contributed by atoms with Crippen LogP contribution < -0.4 is 0 Å². The third kappa shape index (κ3) is 3.25. The van der Waals surface area contributed by atoms with E-state index in [1.807, 2.05) is 18.7 Å². The van der Waals surface area contributed by atoms with Gasteiger partial charge >= 0.3 is 0 Å². The van der Waals surface area contributed by atoms with Crippen molar-refractivity contribution in [1.29, 1.82) is 0 Å². The second-order valence-corrected chi connectivity index (χ2v) is 7.49. The maximum atomic E-state index is 12.9. The first-order chi connectivity index (χ1) is 10.9. The van der Waals surface area contributed by atoms with Gasteiger partial charge < -0.3 is 10.0 Å². The van der Waals surface area contributed by atoms with E-state index in [0.717, 1.165) is 32.4 Å². The molecule has 2 atom stereocenters. The van der Waals surface area contributed by atoms with Gasteiger partial charge in [-0.2, -0.15) is 5.10 Å². The first-order valence-electron chi connectivity index (χ1n) is 8.32. The molecule has 0 spiro atoms. The van der Waals surface area contributed by atoms with E-state index in [1.54, 1.807) is 17.1 Å². The van der Waals surface area contributed by atoms with Crippen LogP contribution in [-0.4, -0.2) is 68.9 Å². The summed E-state index contributed by atoms with van der Waals surface area (Å²) < 4.78 is 1.63. The molecule has 1 aliphatic heterocycles. The molecule has 1 aliphatic carbocycles. The van der Waals surface area contributed by atoms with E-state index in [1.165, 1.54) is 0 Å². The molecule has 2 aliphatic rings. The number of piperazine rings is 1. The number of aliphatic hydroxyl groups excluding tert-OH is 1. The number of amides is 1. The van der Waals surface area contributed by atoms with Crippen molar-refractivity contribution in [2.24, 2.45) is 0 Å². The number of hydrogen-bond acceptors (Lipinski definition) is 4. The summed E-state index contributed by atoms with van der Waals surface area (Å²) in [4.78, 5) is 17.1. The van der Waals surface area contributed by atoms with Crippen LogP contribution >= 0.6 is 11.6 Å². The standard InChI is InChI=1S/C16H25ClN4O2/c1-16(2,21-11-12(17)10-18-21)15(23)20-8-6-19(7-9-20)13-4-3-5-14(13)22/h10-11,13-14,22H,3-9H2,1-2H3/t13-,14+/m0/s1. The van der Waals surface area contributed by atoms with Crippen molar-refractivity contribution in [1.82, 2.24) is 19.6 Å². The van der Waals surface area contributed by atoms with Crippen LogP contribution in [0.15, 0.2) is 12.4 Å². The van der Waals surface area contributed by atoms with Gasteiger partial charge in [-0.15, -0.1) is 0 Å². The van der Waals surface area contributed by atoms with Gasteiger partial charge in [0.15, 0.2) is 0 Å². The van der Waals surface area contributed by atoms with Crippen LogP contribution in [0, 0.1) is 0 Å². The molecular weight excluding hydrogens is 316 g/mol. The molecule has 23 heavy (non-hydrogen) atoms. The van der Waals surface area contributed by atoms with E-state index in [-0.39, 0.29) is 18.1 Å². The molecule has 7 heteroatoms. The number of halogens is 1. The first kappa shape index (κ1) is 16.7. The van der Waals surface area contributed by atoms with Crippen molar-refractivity contribution in [2.75, 3.05) is 26.2 Å². The Balaban J connectivity index is 1.61. The number of nitrogens with zero attached hydrogens (tertiary/aromatic N) is 4. The molecule has 1 aromatic rings. The van der Waals surface area contributed by atoms with Crippen LogP contribution in [0.25, 0.3) is 0 Å². The number of rotatable bonds is 3. The van der Waals surface area contributed by atoms with Crippen molar-refractivity contribution < 1.29 is 9.90 Å². The van der Waals surface area contributed by atoms with Crippen molar-refractivity contribution in [3.63, 3.8) is 0 Å². The van der Waals surface area contributed by atoms with Crippen molar-refractivity contribution >= 4 is 17.5 Å². The fourth-order valence-corrected chi connectivity index (χ4v) is 3.83. The predicted molar refractivity (Wildman–Crippen MR) is 88.4 cm³/mol. The van der Waals surface area contributed by atoms with Crippen LogP contribution in [0.2, 0.25) is 5.02 Å². The highest BCUT2D eigenvalue weighted by atomic mass is 35.5. The lowest BCUT2D eigenvalue weighted by atomic mass is 10.0. The summed E-state index contributed by atoms with van der Waals surface area (Å²) in [7, 11) is 0. The van der Waals surface area contributed by atoms with Crippen LogP contribution in [-0.2, 0) is 10.3 Å². The largest absolute Gasteiger partial charge is 0.391 e.